The molecule has 11 rings (SSSR count). The molecule has 1 saturated carbocycles. The number of aromatic nitrogens is 8. The first-order valence-corrected chi connectivity index (χ1v) is 24.8. The lowest BCUT2D eigenvalue weighted by molar-refractivity contribution is -0.135. The van der Waals surface area contributed by atoms with E-state index >= 15 is 4.39 Å². The number of thiazole rings is 1. The minimum absolute atomic E-state index is 0.0267. The predicted molar refractivity (Wildman–Crippen MR) is 259 cm³/mol. The van der Waals surface area contributed by atoms with Gasteiger partial charge < -0.3 is 30.3 Å². The monoisotopic (exact) mass is 1010 g/mol. The molecule has 4 amide bonds. The topological polar surface area (TPSA) is 241 Å². The van der Waals surface area contributed by atoms with E-state index in [1.54, 1.807) is 11.0 Å². The molecule has 1 spiro atoms. The van der Waals surface area contributed by atoms with Crippen LogP contribution in [0.15, 0.2) is 42.6 Å². The van der Waals surface area contributed by atoms with E-state index in [1.807, 2.05) is 22.7 Å². The van der Waals surface area contributed by atoms with Crippen molar-refractivity contribution in [3.8, 4) is 17.1 Å². The van der Waals surface area contributed by atoms with E-state index in [2.05, 4.69) is 53.2 Å². The molecule has 3 saturated heterocycles. The fourth-order valence-corrected chi connectivity index (χ4v) is 11.7. The number of H-pyrrole nitrogens is 1. The van der Waals surface area contributed by atoms with E-state index < -0.39 is 23.2 Å². The molecule has 1 aliphatic carbocycles. The molecular weight excluding hydrogens is 960 g/mol. The zero-order valence-electron chi connectivity index (χ0n) is 38.5. The number of nitrogens with two attached hydrogens (primary N) is 1. The number of nitrogen functional groups attached to an aromatic ring is 1. The Kier molecular flexibility index (Phi) is 12.2. The summed E-state index contributed by atoms with van der Waals surface area (Å²) in [6.07, 6.45) is 6.62. The summed E-state index contributed by atoms with van der Waals surface area (Å²) < 4.78 is 46.3. The molecule has 7 aromatic rings. The van der Waals surface area contributed by atoms with Crippen LogP contribution in [0.25, 0.3) is 43.1 Å². The first-order chi connectivity index (χ1) is 34.3. The van der Waals surface area contributed by atoms with Crippen LogP contribution in [0.2, 0.25) is 5.02 Å². The Balaban J connectivity index is 0.742. The van der Waals surface area contributed by atoms with Crippen LogP contribution < -0.4 is 26.0 Å². The van der Waals surface area contributed by atoms with Crippen LogP contribution in [0, 0.1) is 17.6 Å². The molecule has 1 atom stereocenters. The van der Waals surface area contributed by atoms with Crippen molar-refractivity contribution < 1.29 is 37.4 Å². The number of rotatable bonds is 12. The van der Waals surface area contributed by atoms with Gasteiger partial charge in [-0.05, 0) is 80.2 Å². The molecule has 23 heteroatoms. The SMILES string of the molecule is Cn1nc(C2CCC(=O)NC2=O)c2ccc(C3CCC(CC(=O)NCCCOc4nc(N5CCOC6(CN(C(=O)c7cn[nH]n7)C6)C5)c5cc(Cl)c(-c6ccc(F)c7sc(N)nc67)c(F)c5n4)CC3)cc21. The van der Waals surface area contributed by atoms with Gasteiger partial charge in [-0.2, -0.15) is 30.5 Å². The zero-order chi connectivity index (χ0) is 49.1. The van der Waals surface area contributed by atoms with E-state index in [-0.39, 0.29) is 98.0 Å². The number of ether oxygens (including phenoxy) is 2. The molecule has 0 bridgehead atoms. The number of carbonyl (C=O) groups is 4. The molecule has 4 fully saturated rings. The van der Waals surface area contributed by atoms with Crippen LogP contribution >= 0.6 is 22.9 Å². The molecule has 4 aromatic heterocycles. The number of nitrogens with one attached hydrogen (secondary N) is 3. The minimum Gasteiger partial charge on any atom is -0.463 e. The quantitative estimate of drug-likeness (QED) is 0.0820. The van der Waals surface area contributed by atoms with Crippen LogP contribution in [0.3, 0.4) is 0 Å². The van der Waals surface area contributed by atoms with Crippen molar-refractivity contribution in [2.75, 3.05) is 56.6 Å². The fourth-order valence-electron chi connectivity index (χ4n) is 10.6. The lowest BCUT2D eigenvalue weighted by atomic mass is 9.77. The van der Waals surface area contributed by atoms with E-state index in [0.717, 1.165) is 47.9 Å². The predicted octanol–water partition coefficient (Wildman–Crippen LogP) is 5.93. The summed E-state index contributed by atoms with van der Waals surface area (Å²) in [5.41, 5.74) is 8.57. The fraction of sp³-hybridized carbons (Fsp3) is 0.417. The smallest absolute Gasteiger partial charge is 0.319 e. The number of nitrogens with zero attached hydrogens (tertiary/aromatic N) is 9. The van der Waals surface area contributed by atoms with Gasteiger partial charge in [-0.1, -0.05) is 35.1 Å². The van der Waals surface area contributed by atoms with E-state index in [0.29, 0.717) is 74.7 Å². The standard InChI is InChI=1S/C48H48ClF2N13O6S/c1-62-34-18-26(7-8-27(34)39(60-62)29-10-12-35(65)55-44(29)67)25-5-3-24(4-6-25)17-36(66)53-13-2-15-69-47-57-40-30(19-31(49)37(38(40)51)28-9-11-32(50)42-41(28)56-46(52)71-42)43(58-47)63-14-16-70-48(21-63)22-64(23-48)45(68)33-20-54-61-59-33/h7-9,11,18-20,24-25,29H,2-6,10,12-17,21-23H2,1H3,(H2,52,56)(H,53,66)(H,54,59,61)(H,55,65,67). The van der Waals surface area contributed by atoms with Gasteiger partial charge in [-0.3, -0.25) is 29.2 Å². The number of likely N-dealkylation sites (tertiary alicyclic amines) is 1. The van der Waals surface area contributed by atoms with Crippen LogP contribution in [0.1, 0.15) is 84.9 Å². The maximum absolute atomic E-state index is 17.1. The van der Waals surface area contributed by atoms with Gasteiger partial charge in [0.25, 0.3) is 5.91 Å². The van der Waals surface area contributed by atoms with E-state index in [9.17, 15) is 23.6 Å². The van der Waals surface area contributed by atoms with Crippen LogP contribution in [0.5, 0.6) is 6.01 Å². The van der Waals surface area contributed by atoms with Crippen molar-refractivity contribution in [2.24, 2.45) is 13.0 Å². The van der Waals surface area contributed by atoms with Gasteiger partial charge in [0.1, 0.15) is 22.8 Å². The van der Waals surface area contributed by atoms with Crippen LogP contribution in [-0.4, -0.2) is 120 Å². The van der Waals surface area contributed by atoms with Gasteiger partial charge >= 0.3 is 6.01 Å². The summed E-state index contributed by atoms with van der Waals surface area (Å²) in [7, 11) is 1.87. The van der Waals surface area contributed by atoms with Gasteiger partial charge in [0.05, 0.1) is 71.4 Å². The Bertz CT molecular complexity index is 3260. The van der Waals surface area contributed by atoms with Gasteiger partial charge in [-0.15, -0.1) is 0 Å². The van der Waals surface area contributed by atoms with E-state index in [1.165, 1.54) is 23.9 Å². The number of hydrogen-bond acceptors (Lipinski definition) is 15. The first kappa shape index (κ1) is 46.5. The second kappa shape index (κ2) is 18.7. The summed E-state index contributed by atoms with van der Waals surface area (Å²) in [6, 6.07) is 10.4. The highest BCUT2D eigenvalue weighted by Crippen LogP contribution is 2.44. The normalized spacial score (nSPS) is 20.2. The number of halogens is 3. The summed E-state index contributed by atoms with van der Waals surface area (Å²) in [6.45, 7) is 1.99. The molecule has 5 N–H and O–H groups in total. The summed E-state index contributed by atoms with van der Waals surface area (Å²) in [5.74, 6) is -1.74. The number of amides is 4. The number of aromatic amines is 1. The minimum atomic E-state index is -0.784. The van der Waals surface area contributed by atoms with Crippen LogP contribution in [-0.2, 0) is 26.2 Å². The Labute approximate surface area is 412 Å². The van der Waals surface area contributed by atoms with Crippen molar-refractivity contribution in [1.82, 2.24) is 55.7 Å². The second-order valence-corrected chi connectivity index (χ2v) is 20.3. The van der Waals surface area contributed by atoms with Crippen molar-refractivity contribution >= 4 is 89.5 Å². The number of anilines is 2. The van der Waals surface area contributed by atoms with Gasteiger partial charge in [0.2, 0.25) is 17.7 Å². The Morgan fingerprint density at radius 2 is 1.86 bits per heavy atom. The number of hydrogen-bond donors (Lipinski definition) is 4. The highest BCUT2D eigenvalue weighted by molar-refractivity contribution is 7.22. The Morgan fingerprint density at radius 3 is 2.65 bits per heavy atom. The number of aryl methyl sites for hydroxylation is 1. The maximum atomic E-state index is 17.1. The third-order valence-corrected chi connectivity index (χ3v) is 15.4. The van der Waals surface area contributed by atoms with Crippen molar-refractivity contribution in [1.29, 1.82) is 0 Å². The number of morpholine rings is 1. The number of imide groups is 1. The average Bonchev–Trinajstić information content (AvgIpc) is 4.11. The molecular formula is C48H48ClF2N13O6S. The van der Waals surface area contributed by atoms with Crippen molar-refractivity contribution in [3.05, 3.63) is 76.2 Å². The van der Waals surface area contributed by atoms with Gasteiger partial charge in [-0.25, -0.2) is 13.8 Å². The molecule has 3 aliphatic heterocycles. The molecule has 1 unspecified atom stereocenters. The third-order valence-electron chi connectivity index (χ3n) is 14.2. The van der Waals surface area contributed by atoms with Gasteiger partial charge in [0, 0.05) is 54.9 Å². The van der Waals surface area contributed by atoms with Crippen molar-refractivity contribution in [2.45, 2.75) is 68.8 Å². The lowest BCUT2D eigenvalue weighted by Crippen LogP contribution is -2.71. The number of piperidine rings is 1. The average molecular weight is 1010 g/mol. The first-order valence-electron chi connectivity index (χ1n) is 23.6. The molecule has 7 heterocycles. The van der Waals surface area contributed by atoms with Crippen molar-refractivity contribution in [3.63, 3.8) is 0 Å². The number of carbonyl (C=O) groups excluding carboxylic acids is 4. The summed E-state index contributed by atoms with van der Waals surface area (Å²) in [4.78, 5) is 67.7. The maximum Gasteiger partial charge on any atom is 0.319 e. The summed E-state index contributed by atoms with van der Waals surface area (Å²) >= 11 is 7.84. The van der Waals surface area contributed by atoms with E-state index in [4.69, 9.17) is 31.8 Å². The number of fused-ring (bicyclic) bond motifs is 3. The highest BCUT2D eigenvalue weighted by atomic mass is 35.5. The molecule has 4 aliphatic rings. The molecule has 3 aromatic carbocycles. The molecule has 368 valence electrons. The molecule has 0 radical (unpaired) electrons. The molecule has 19 nitrogen and oxygen atoms in total. The van der Waals surface area contributed by atoms with Crippen LogP contribution in [0.4, 0.5) is 19.7 Å². The zero-order valence-corrected chi connectivity index (χ0v) is 40.0. The Hall–Kier alpha value is -6.91. The largest absolute Gasteiger partial charge is 0.463 e. The second-order valence-electron chi connectivity index (χ2n) is 18.8. The summed E-state index contributed by atoms with van der Waals surface area (Å²) in [5, 5.41) is 21.6. The number of benzene rings is 3. The third kappa shape index (κ3) is 8.85. The highest BCUT2D eigenvalue weighted by Gasteiger charge is 2.50. The van der Waals surface area contributed by atoms with Gasteiger partial charge in [0.15, 0.2) is 16.6 Å². The lowest BCUT2D eigenvalue weighted by Gasteiger charge is -2.53. The Morgan fingerprint density at radius 1 is 1.03 bits per heavy atom. The molecule has 71 heavy (non-hydrogen) atoms.